The topological polar surface area (TPSA) is 32.0 Å². The molecule has 1 aliphatic rings. The third kappa shape index (κ3) is 8.23. The van der Waals surface area contributed by atoms with Crippen molar-refractivity contribution in [2.75, 3.05) is 7.05 Å². The summed E-state index contributed by atoms with van der Waals surface area (Å²) in [5.74, 6) is 0. The molecule has 0 unspecified atom stereocenters. The number of aryl methyl sites for hydroxylation is 1. The van der Waals surface area contributed by atoms with Crippen LogP contribution in [0.5, 0.6) is 0 Å². The van der Waals surface area contributed by atoms with Crippen molar-refractivity contribution in [3.05, 3.63) is 122 Å². The van der Waals surface area contributed by atoms with Crippen LogP contribution in [0.15, 0.2) is 85.0 Å². The number of nitrogens with zero attached hydrogens (tertiary/aromatic N) is 3. The summed E-state index contributed by atoms with van der Waals surface area (Å²) in [6.45, 7) is 0. The molecule has 0 atom stereocenters. The molecule has 0 spiro atoms. The maximum atomic E-state index is 5.94. The smallest absolute Gasteiger partial charge is 0.203 e. The first-order valence-electron chi connectivity index (χ1n) is 10.3. The van der Waals surface area contributed by atoms with Crippen LogP contribution in [0.1, 0.15) is 16.7 Å². The molecule has 174 valence electrons. The summed E-state index contributed by atoms with van der Waals surface area (Å²) in [4.78, 5) is 0. The van der Waals surface area contributed by atoms with Gasteiger partial charge in [0.25, 0.3) is 0 Å². The third-order valence-electron chi connectivity index (χ3n) is 4.60. The van der Waals surface area contributed by atoms with Gasteiger partial charge in [-0.05, 0) is 64.3 Å². The minimum absolute atomic E-state index is 0.564. The Balaban J connectivity index is 0.000000191. The van der Waals surface area contributed by atoms with Crippen LogP contribution in [-0.4, -0.2) is 17.2 Å². The van der Waals surface area contributed by atoms with Crippen LogP contribution >= 0.6 is 46.4 Å². The molecule has 0 saturated heterocycles. The predicted octanol–water partition coefficient (Wildman–Crippen LogP) is 7.24. The van der Waals surface area contributed by atoms with Crippen LogP contribution in [0.25, 0.3) is 18.2 Å². The van der Waals surface area contributed by atoms with E-state index in [1.165, 1.54) is 0 Å². The van der Waals surface area contributed by atoms with Crippen molar-refractivity contribution in [1.82, 2.24) is 15.5 Å². The van der Waals surface area contributed by atoms with E-state index in [1.807, 2.05) is 98.4 Å². The monoisotopic (exact) mass is 531 g/mol. The zero-order valence-corrected chi connectivity index (χ0v) is 21.6. The molecule has 1 aliphatic heterocycles. The second kappa shape index (κ2) is 12.6. The lowest BCUT2D eigenvalue weighted by Crippen LogP contribution is -2.31. The van der Waals surface area contributed by atoms with Crippen molar-refractivity contribution in [1.29, 1.82) is 0 Å². The molecule has 34 heavy (non-hydrogen) atoms. The van der Waals surface area contributed by atoms with Crippen LogP contribution in [0.4, 0.5) is 0 Å². The van der Waals surface area contributed by atoms with Crippen LogP contribution in [0.3, 0.4) is 0 Å². The normalized spacial score (nSPS) is 13.0. The van der Waals surface area contributed by atoms with Crippen LogP contribution < -0.4 is 10.1 Å². The average Bonchev–Trinajstić information content (AvgIpc) is 2.82. The Morgan fingerprint density at radius 3 is 1.91 bits per heavy atom. The highest BCUT2D eigenvalue weighted by atomic mass is 35.5. The molecule has 0 aliphatic carbocycles. The Kier molecular flexibility index (Phi) is 9.61. The summed E-state index contributed by atoms with van der Waals surface area (Å²) in [6, 6.07) is 13.0. The molecule has 1 N–H and O–H groups in total. The number of rotatable bonds is 4. The van der Waals surface area contributed by atoms with Crippen molar-refractivity contribution in [3.63, 3.8) is 0 Å². The van der Waals surface area contributed by atoms with Gasteiger partial charge in [-0.15, -0.1) is 0 Å². The Labute approximate surface area is 220 Å². The lowest BCUT2D eigenvalue weighted by Gasteiger charge is -2.17. The predicted molar refractivity (Wildman–Crippen MR) is 144 cm³/mol. The number of hydrogen-bond donors (Lipinski definition) is 1. The van der Waals surface area contributed by atoms with E-state index in [0.717, 1.165) is 22.3 Å². The first-order chi connectivity index (χ1) is 16.3. The first kappa shape index (κ1) is 25.9. The van der Waals surface area contributed by atoms with E-state index >= 15 is 0 Å². The second-order valence-electron chi connectivity index (χ2n) is 7.35. The molecule has 0 saturated carbocycles. The van der Waals surface area contributed by atoms with E-state index < -0.39 is 0 Å². The van der Waals surface area contributed by atoms with Crippen molar-refractivity contribution < 1.29 is 4.68 Å². The minimum Gasteiger partial charge on any atom is -0.306 e. The van der Waals surface area contributed by atoms with Crippen molar-refractivity contribution >= 4 is 64.6 Å². The summed E-state index contributed by atoms with van der Waals surface area (Å²) in [6.07, 6.45) is 17.6. The molecule has 4 nitrogen and oxygen atoms in total. The van der Waals surface area contributed by atoms with E-state index in [-0.39, 0.29) is 0 Å². The summed E-state index contributed by atoms with van der Waals surface area (Å²) in [5.41, 5.74) is 7.28. The molecular formula is C26H23Cl4N4+. The third-order valence-corrected chi connectivity index (χ3v) is 6.08. The fraction of sp³-hybridized carbons (Fsp3) is 0.0769. The summed E-state index contributed by atoms with van der Waals surface area (Å²) in [7, 11) is 3.82. The van der Waals surface area contributed by atoms with Gasteiger partial charge in [0.05, 0.1) is 26.3 Å². The highest BCUT2D eigenvalue weighted by Gasteiger charge is 1.99. The summed E-state index contributed by atoms with van der Waals surface area (Å²) in [5, 5.41) is 8.21. The molecule has 2 aromatic carbocycles. The number of hydrogen-bond acceptors (Lipinski definition) is 3. The first-order valence-corrected chi connectivity index (χ1v) is 11.8. The van der Waals surface area contributed by atoms with Gasteiger partial charge < -0.3 is 5.43 Å². The minimum atomic E-state index is 0.564. The molecule has 4 rings (SSSR count). The van der Waals surface area contributed by atoms with Gasteiger partial charge in [-0.1, -0.05) is 81.4 Å². The van der Waals surface area contributed by atoms with Gasteiger partial charge >= 0.3 is 0 Å². The van der Waals surface area contributed by atoms with E-state index in [1.54, 1.807) is 23.0 Å². The fourth-order valence-electron chi connectivity index (χ4n) is 2.80. The molecule has 0 bridgehead atoms. The standard InChI is InChI=1S/C13H12Cl2N2.C13H11Cl2N2/c1-17-7-6-11(9-16-17)3-2-10-4-5-12(14)13(15)8-10;1-17-9-11(6-7-16-17)3-2-10-4-5-12(14)13(15)8-10/h2-9,16H,1H3;2-9H,1H3/q;+1/b2*3-2+. The molecule has 0 fully saturated rings. The summed E-state index contributed by atoms with van der Waals surface area (Å²) < 4.78 is 1.76. The van der Waals surface area contributed by atoms with Gasteiger partial charge in [0.2, 0.25) is 6.20 Å². The van der Waals surface area contributed by atoms with Gasteiger partial charge in [0.15, 0.2) is 7.05 Å². The van der Waals surface area contributed by atoms with E-state index in [0.29, 0.717) is 20.1 Å². The zero-order valence-electron chi connectivity index (χ0n) is 18.6. The number of hydrazine groups is 1. The zero-order chi connectivity index (χ0) is 24.5. The lowest BCUT2D eigenvalue weighted by atomic mass is 10.1. The highest BCUT2D eigenvalue weighted by Crippen LogP contribution is 2.24. The largest absolute Gasteiger partial charge is 0.306 e. The van der Waals surface area contributed by atoms with Crippen LogP contribution in [0, 0.1) is 0 Å². The van der Waals surface area contributed by atoms with Gasteiger partial charge in [0, 0.05) is 25.0 Å². The fourth-order valence-corrected chi connectivity index (χ4v) is 3.41. The van der Waals surface area contributed by atoms with E-state index in [2.05, 4.69) is 10.5 Å². The van der Waals surface area contributed by atoms with Crippen LogP contribution in [-0.2, 0) is 7.05 Å². The Morgan fingerprint density at radius 2 is 1.38 bits per heavy atom. The SMILES string of the molecule is CN1C=CC(/C=C/c2ccc(Cl)c(Cl)c2)=CN1.C[n+]1cc(/C=C/c2ccc(Cl)c(Cl)c2)ccn1. The number of aromatic nitrogens is 2. The van der Waals surface area contributed by atoms with E-state index in [4.69, 9.17) is 46.4 Å². The number of nitrogens with one attached hydrogen (secondary N) is 1. The number of allylic oxidation sites excluding steroid dienone is 3. The van der Waals surface area contributed by atoms with Crippen LogP contribution in [0.2, 0.25) is 20.1 Å². The van der Waals surface area contributed by atoms with Gasteiger partial charge in [-0.25, -0.2) is 0 Å². The number of halogens is 4. The Hall–Kier alpha value is -2.76. The van der Waals surface area contributed by atoms with E-state index in [9.17, 15) is 0 Å². The molecule has 0 radical (unpaired) electrons. The molecular weight excluding hydrogens is 510 g/mol. The highest BCUT2D eigenvalue weighted by molar-refractivity contribution is 6.42. The summed E-state index contributed by atoms with van der Waals surface area (Å²) >= 11 is 23.6. The van der Waals surface area contributed by atoms with Gasteiger partial charge in [-0.3, -0.25) is 5.01 Å². The second-order valence-corrected chi connectivity index (χ2v) is 8.98. The number of benzene rings is 2. The quantitative estimate of drug-likeness (QED) is 0.359. The maximum Gasteiger partial charge on any atom is 0.203 e. The van der Waals surface area contributed by atoms with Gasteiger partial charge in [0.1, 0.15) is 0 Å². The molecule has 8 heteroatoms. The van der Waals surface area contributed by atoms with Crippen molar-refractivity contribution in [3.8, 4) is 0 Å². The van der Waals surface area contributed by atoms with Crippen molar-refractivity contribution in [2.45, 2.75) is 0 Å². The molecule has 3 aromatic rings. The molecule has 2 heterocycles. The lowest BCUT2D eigenvalue weighted by molar-refractivity contribution is -0.731. The Morgan fingerprint density at radius 1 is 0.794 bits per heavy atom. The van der Waals surface area contributed by atoms with Crippen molar-refractivity contribution in [2.24, 2.45) is 7.05 Å². The maximum absolute atomic E-state index is 5.94. The Bertz CT molecular complexity index is 1270. The van der Waals surface area contributed by atoms with Gasteiger partial charge in [-0.2, -0.15) is 0 Å². The average molecular weight is 533 g/mol. The molecule has 0 amide bonds. The molecule has 1 aromatic heterocycles.